The van der Waals surface area contributed by atoms with E-state index in [0.717, 1.165) is 36.7 Å². The molecule has 4 N–H and O–H groups in total. The van der Waals surface area contributed by atoms with E-state index in [2.05, 4.69) is 15.0 Å². The summed E-state index contributed by atoms with van der Waals surface area (Å²) in [7, 11) is 0. The van der Waals surface area contributed by atoms with Crippen molar-refractivity contribution in [3.63, 3.8) is 0 Å². The normalized spacial score (nSPS) is 21.1. The monoisotopic (exact) mass is 268 g/mol. The highest BCUT2D eigenvalue weighted by molar-refractivity contribution is 6.24. The zero-order valence-corrected chi connectivity index (χ0v) is 11.1. The van der Waals surface area contributed by atoms with Crippen LogP contribution < -0.4 is 5.73 Å². The molecule has 0 saturated heterocycles. The van der Waals surface area contributed by atoms with Crippen LogP contribution in [-0.2, 0) is 0 Å². The molecule has 1 aliphatic carbocycles. The largest absolute Gasteiger partial charge is 0.509 e. The molecule has 2 heterocycles. The number of fused-ring (bicyclic) bond motifs is 1. The molecule has 4 rings (SSSR count). The lowest BCUT2D eigenvalue weighted by molar-refractivity contribution is 0.308. The van der Waals surface area contributed by atoms with Gasteiger partial charge in [-0.2, -0.15) is 0 Å². The van der Waals surface area contributed by atoms with Crippen molar-refractivity contribution in [2.75, 3.05) is 0 Å². The first kappa shape index (κ1) is 11.5. The third-order valence-electron chi connectivity index (χ3n) is 4.33. The average Bonchev–Trinajstić information content (AvgIpc) is 3.10. The van der Waals surface area contributed by atoms with Crippen LogP contribution >= 0.6 is 0 Å². The minimum atomic E-state index is -0.488. The van der Waals surface area contributed by atoms with Crippen LogP contribution in [-0.4, -0.2) is 26.4 Å². The Labute approximate surface area is 116 Å². The van der Waals surface area contributed by atoms with E-state index in [9.17, 15) is 5.11 Å². The van der Waals surface area contributed by atoms with Gasteiger partial charge in [0.1, 0.15) is 23.0 Å². The zero-order chi connectivity index (χ0) is 13.7. The molecule has 0 amide bonds. The first-order chi connectivity index (χ1) is 9.70. The molecule has 5 heteroatoms. The van der Waals surface area contributed by atoms with Gasteiger partial charge in [0.15, 0.2) is 0 Å². The van der Waals surface area contributed by atoms with E-state index in [4.69, 9.17) is 5.73 Å². The van der Waals surface area contributed by atoms with Crippen molar-refractivity contribution in [1.82, 2.24) is 9.97 Å². The fourth-order valence-electron chi connectivity index (χ4n) is 3.31. The number of nitrogens with two attached hydrogens (primary N) is 1. The van der Waals surface area contributed by atoms with Crippen molar-refractivity contribution in [1.29, 1.82) is 0 Å². The predicted octanol–water partition coefficient (Wildman–Crippen LogP) is 2.52. The van der Waals surface area contributed by atoms with Crippen LogP contribution in [0, 0.1) is 0 Å². The smallest absolute Gasteiger partial charge is 0.145 e. The van der Waals surface area contributed by atoms with Gasteiger partial charge in [0, 0.05) is 0 Å². The molecule has 20 heavy (non-hydrogen) atoms. The quantitative estimate of drug-likeness (QED) is 0.742. The second-order valence-electron chi connectivity index (χ2n) is 5.56. The van der Waals surface area contributed by atoms with Gasteiger partial charge >= 0.3 is 0 Å². The van der Waals surface area contributed by atoms with Crippen molar-refractivity contribution >= 4 is 22.4 Å². The van der Waals surface area contributed by atoms with Crippen molar-refractivity contribution in [3.05, 3.63) is 35.8 Å². The van der Waals surface area contributed by atoms with E-state index in [-0.39, 0.29) is 5.76 Å². The standard InChI is InChI=1S/C15H16N4O/c16-13-11(12(20)15(19-13)7-3-4-8-15)14-17-9-5-1-2-6-10(9)18-14/h1-2,5-6,20H,3-4,7-8H2,(H2,16,19)(H,17,18). The molecule has 5 nitrogen and oxygen atoms in total. The molecule has 1 aromatic carbocycles. The Morgan fingerprint density at radius 1 is 1.20 bits per heavy atom. The van der Waals surface area contributed by atoms with Crippen LogP contribution in [0.25, 0.3) is 16.6 Å². The number of aromatic nitrogens is 2. The number of aliphatic hydroxyl groups excluding tert-OH is 1. The van der Waals surface area contributed by atoms with Gasteiger partial charge in [-0.1, -0.05) is 25.0 Å². The molecule has 102 valence electrons. The molecular formula is C15H16N4O. The fourth-order valence-corrected chi connectivity index (χ4v) is 3.31. The molecule has 1 saturated carbocycles. The van der Waals surface area contributed by atoms with Crippen molar-refractivity contribution in [2.45, 2.75) is 31.2 Å². The lowest BCUT2D eigenvalue weighted by Crippen LogP contribution is -2.22. The lowest BCUT2D eigenvalue weighted by Gasteiger charge is -2.19. The number of para-hydroxylation sites is 2. The summed E-state index contributed by atoms with van der Waals surface area (Å²) >= 11 is 0. The van der Waals surface area contributed by atoms with E-state index in [1.165, 1.54) is 0 Å². The lowest BCUT2D eigenvalue weighted by atomic mass is 9.95. The average molecular weight is 268 g/mol. The summed E-state index contributed by atoms with van der Waals surface area (Å²) in [6, 6.07) is 7.77. The number of hydrogen-bond donors (Lipinski definition) is 3. The predicted molar refractivity (Wildman–Crippen MR) is 78.5 cm³/mol. The third kappa shape index (κ3) is 1.43. The summed E-state index contributed by atoms with van der Waals surface area (Å²) in [5, 5.41) is 10.6. The van der Waals surface area contributed by atoms with Gasteiger partial charge in [-0.25, -0.2) is 4.98 Å². The van der Waals surface area contributed by atoms with Gasteiger partial charge < -0.3 is 15.8 Å². The maximum atomic E-state index is 10.6. The highest BCUT2D eigenvalue weighted by Crippen LogP contribution is 2.44. The second-order valence-corrected chi connectivity index (χ2v) is 5.56. The topological polar surface area (TPSA) is 87.3 Å². The summed E-state index contributed by atoms with van der Waals surface area (Å²) in [5.41, 5.74) is 7.93. The number of H-pyrrole nitrogens is 1. The molecular weight excluding hydrogens is 252 g/mol. The van der Waals surface area contributed by atoms with E-state index >= 15 is 0 Å². The molecule has 0 radical (unpaired) electrons. The summed E-state index contributed by atoms with van der Waals surface area (Å²) in [6.07, 6.45) is 3.88. The minimum absolute atomic E-state index is 0.284. The number of aliphatic hydroxyl groups is 1. The number of benzene rings is 1. The van der Waals surface area contributed by atoms with Crippen LogP contribution in [0.3, 0.4) is 0 Å². The molecule has 0 atom stereocenters. The Bertz CT molecular complexity index is 717. The van der Waals surface area contributed by atoms with Gasteiger partial charge in [0.25, 0.3) is 0 Å². The first-order valence-corrected chi connectivity index (χ1v) is 6.94. The number of imidazole rings is 1. The summed E-state index contributed by atoms with van der Waals surface area (Å²) in [4.78, 5) is 12.3. The van der Waals surface area contributed by atoms with Crippen molar-refractivity contribution in [2.24, 2.45) is 10.7 Å². The SMILES string of the molecule is NC1=NC2(CCCC2)C(O)=C1c1nc2ccccc2[nH]1. The van der Waals surface area contributed by atoms with Gasteiger partial charge in [-0.05, 0) is 25.0 Å². The molecule has 1 spiro atoms. The fraction of sp³-hybridized carbons (Fsp3) is 0.333. The second kappa shape index (κ2) is 3.85. The summed E-state index contributed by atoms with van der Waals surface area (Å²) < 4.78 is 0. The highest BCUT2D eigenvalue weighted by atomic mass is 16.3. The zero-order valence-electron chi connectivity index (χ0n) is 11.1. The Morgan fingerprint density at radius 3 is 2.70 bits per heavy atom. The summed E-state index contributed by atoms with van der Waals surface area (Å²) in [5.74, 6) is 1.28. The first-order valence-electron chi connectivity index (χ1n) is 6.94. The number of rotatable bonds is 1. The number of aliphatic imine (C=N–C) groups is 1. The third-order valence-corrected chi connectivity index (χ3v) is 4.33. The minimum Gasteiger partial charge on any atom is -0.509 e. The molecule has 1 aliphatic heterocycles. The maximum Gasteiger partial charge on any atom is 0.145 e. The Hall–Kier alpha value is -2.30. The molecule has 2 aromatic rings. The van der Waals surface area contributed by atoms with E-state index < -0.39 is 5.54 Å². The van der Waals surface area contributed by atoms with Crippen LogP contribution in [0.1, 0.15) is 31.5 Å². The maximum absolute atomic E-state index is 10.6. The highest BCUT2D eigenvalue weighted by Gasteiger charge is 2.45. The van der Waals surface area contributed by atoms with E-state index in [1.54, 1.807) is 0 Å². The van der Waals surface area contributed by atoms with Crippen LogP contribution in [0.15, 0.2) is 35.0 Å². The van der Waals surface area contributed by atoms with Crippen LogP contribution in [0.4, 0.5) is 0 Å². The van der Waals surface area contributed by atoms with Gasteiger partial charge in [0.2, 0.25) is 0 Å². The van der Waals surface area contributed by atoms with Crippen LogP contribution in [0.5, 0.6) is 0 Å². The van der Waals surface area contributed by atoms with Gasteiger partial charge in [0.05, 0.1) is 16.6 Å². The summed E-state index contributed by atoms with van der Waals surface area (Å²) in [6.45, 7) is 0. The van der Waals surface area contributed by atoms with Crippen LogP contribution in [0.2, 0.25) is 0 Å². The van der Waals surface area contributed by atoms with E-state index in [0.29, 0.717) is 17.2 Å². The van der Waals surface area contributed by atoms with Crippen molar-refractivity contribution in [3.8, 4) is 0 Å². The van der Waals surface area contributed by atoms with Crippen molar-refractivity contribution < 1.29 is 5.11 Å². The molecule has 1 fully saturated rings. The van der Waals surface area contributed by atoms with Gasteiger partial charge in [-0.3, -0.25) is 4.99 Å². The van der Waals surface area contributed by atoms with E-state index in [1.807, 2.05) is 24.3 Å². The number of amidine groups is 1. The molecule has 0 unspecified atom stereocenters. The molecule has 1 aromatic heterocycles. The Morgan fingerprint density at radius 2 is 1.95 bits per heavy atom. The Balaban J connectivity index is 1.88. The number of nitrogens with zero attached hydrogens (tertiary/aromatic N) is 2. The number of hydrogen-bond acceptors (Lipinski definition) is 4. The Kier molecular flexibility index (Phi) is 2.22. The number of aromatic amines is 1. The molecule has 2 aliphatic rings. The molecule has 0 bridgehead atoms. The number of nitrogens with one attached hydrogen (secondary N) is 1. The van der Waals surface area contributed by atoms with Gasteiger partial charge in [-0.15, -0.1) is 0 Å².